The van der Waals surface area contributed by atoms with E-state index in [9.17, 15) is 5.11 Å². The predicted molar refractivity (Wildman–Crippen MR) is 87.7 cm³/mol. The molecule has 2 atom stereocenters. The molecule has 2 heterocycles. The maximum Gasteiger partial charge on any atom is 0.0579 e. The van der Waals surface area contributed by atoms with E-state index in [0.29, 0.717) is 25.2 Å². The highest BCUT2D eigenvalue weighted by Crippen LogP contribution is 2.34. The zero-order valence-corrected chi connectivity index (χ0v) is 13.5. The van der Waals surface area contributed by atoms with Gasteiger partial charge in [-0.3, -0.25) is 4.90 Å². The van der Waals surface area contributed by atoms with Crippen molar-refractivity contribution in [2.75, 3.05) is 46.5 Å². The van der Waals surface area contributed by atoms with E-state index < -0.39 is 0 Å². The average molecular weight is 304 g/mol. The highest BCUT2D eigenvalue weighted by atomic mass is 16.5. The minimum absolute atomic E-state index is 0.0389. The Balaban J connectivity index is 1.60. The summed E-state index contributed by atoms with van der Waals surface area (Å²) in [5, 5.41) is 13.1. The molecule has 22 heavy (non-hydrogen) atoms. The quantitative estimate of drug-likeness (QED) is 0.839. The second-order valence-electron chi connectivity index (χ2n) is 7.02. The molecule has 1 aromatic rings. The molecule has 2 N–H and O–H groups in total. The lowest BCUT2D eigenvalue weighted by Gasteiger charge is -2.42. The third kappa shape index (κ3) is 3.35. The van der Waals surface area contributed by atoms with E-state index in [4.69, 9.17) is 4.74 Å². The Morgan fingerprint density at radius 3 is 2.73 bits per heavy atom. The molecular weight excluding hydrogens is 276 g/mol. The molecule has 2 saturated heterocycles. The van der Waals surface area contributed by atoms with Gasteiger partial charge in [0.05, 0.1) is 25.2 Å². The van der Waals surface area contributed by atoms with Crippen LogP contribution in [-0.4, -0.2) is 56.5 Å². The van der Waals surface area contributed by atoms with Crippen molar-refractivity contribution in [1.29, 1.82) is 0 Å². The fraction of sp³-hybridized carbons (Fsp3) is 0.667. The lowest BCUT2D eigenvalue weighted by atomic mass is 9.83. The van der Waals surface area contributed by atoms with Gasteiger partial charge in [-0.25, -0.2) is 0 Å². The molecule has 2 aliphatic heterocycles. The van der Waals surface area contributed by atoms with Gasteiger partial charge in [-0.2, -0.15) is 0 Å². The molecule has 0 unspecified atom stereocenters. The van der Waals surface area contributed by atoms with Crippen LogP contribution in [0.3, 0.4) is 0 Å². The van der Waals surface area contributed by atoms with E-state index in [-0.39, 0.29) is 12.0 Å². The molecule has 0 amide bonds. The number of aliphatic hydroxyl groups is 1. The number of piperidine rings is 1. The first kappa shape index (κ1) is 15.9. The first-order chi connectivity index (χ1) is 10.7. The summed E-state index contributed by atoms with van der Waals surface area (Å²) in [5.41, 5.74) is 1.38. The highest BCUT2D eigenvalue weighted by molar-refractivity contribution is 5.20. The number of rotatable bonds is 6. The van der Waals surface area contributed by atoms with Gasteiger partial charge in [0.2, 0.25) is 0 Å². The topological polar surface area (TPSA) is 44.7 Å². The minimum Gasteiger partial charge on any atom is -0.396 e. The molecule has 1 aromatic carbocycles. The summed E-state index contributed by atoms with van der Waals surface area (Å²) in [6.07, 6.45) is 2.53. The zero-order chi connectivity index (χ0) is 15.4. The zero-order valence-electron chi connectivity index (χ0n) is 13.5. The van der Waals surface area contributed by atoms with Crippen LogP contribution in [0.15, 0.2) is 30.3 Å². The normalized spacial score (nSPS) is 28.3. The van der Waals surface area contributed by atoms with E-state index in [1.54, 1.807) is 0 Å². The van der Waals surface area contributed by atoms with Crippen LogP contribution >= 0.6 is 0 Å². The Morgan fingerprint density at radius 1 is 1.32 bits per heavy atom. The standard InChI is InChI=1S/C18H28N2O2/c1-20-9-5-8-16(17(20)15-6-3-2-4-7-15)10-19-11-18(12-21)13-22-14-18/h2-4,6-7,16-17,19,21H,5,8-14H2,1H3/t16-,17-/m1/s1. The number of hydrogen-bond donors (Lipinski definition) is 2. The Bertz CT molecular complexity index is 456. The van der Waals surface area contributed by atoms with Crippen molar-refractivity contribution in [3.05, 3.63) is 35.9 Å². The van der Waals surface area contributed by atoms with Gasteiger partial charge in [0.1, 0.15) is 0 Å². The fourth-order valence-corrected chi connectivity index (χ4v) is 3.81. The highest BCUT2D eigenvalue weighted by Gasteiger charge is 2.38. The monoisotopic (exact) mass is 304 g/mol. The van der Waals surface area contributed by atoms with E-state index in [2.05, 4.69) is 47.6 Å². The minimum atomic E-state index is -0.0389. The number of likely N-dealkylation sites (tertiary alicyclic amines) is 1. The number of ether oxygens (including phenoxy) is 1. The number of nitrogens with zero attached hydrogens (tertiary/aromatic N) is 1. The summed E-state index contributed by atoms with van der Waals surface area (Å²) in [6, 6.07) is 11.3. The van der Waals surface area contributed by atoms with Crippen molar-refractivity contribution in [2.45, 2.75) is 18.9 Å². The molecule has 0 spiro atoms. The van der Waals surface area contributed by atoms with Gasteiger partial charge in [0.15, 0.2) is 0 Å². The fourth-order valence-electron chi connectivity index (χ4n) is 3.81. The van der Waals surface area contributed by atoms with Crippen LogP contribution in [0.2, 0.25) is 0 Å². The molecule has 122 valence electrons. The molecule has 2 fully saturated rings. The summed E-state index contributed by atoms with van der Waals surface area (Å²) < 4.78 is 5.27. The van der Waals surface area contributed by atoms with Crippen molar-refractivity contribution >= 4 is 0 Å². The predicted octanol–water partition coefficient (Wildman–Crippen LogP) is 1.67. The summed E-state index contributed by atoms with van der Waals surface area (Å²) in [6.45, 7) is 4.61. The smallest absolute Gasteiger partial charge is 0.0579 e. The number of benzene rings is 1. The molecule has 0 radical (unpaired) electrons. The molecule has 0 bridgehead atoms. The van der Waals surface area contributed by atoms with Crippen molar-refractivity contribution < 1.29 is 9.84 Å². The van der Waals surface area contributed by atoms with Gasteiger partial charge in [0.25, 0.3) is 0 Å². The summed E-state index contributed by atoms with van der Waals surface area (Å²) in [5.74, 6) is 0.623. The third-order valence-corrected chi connectivity index (χ3v) is 5.21. The van der Waals surface area contributed by atoms with Gasteiger partial charge >= 0.3 is 0 Å². The number of nitrogens with one attached hydrogen (secondary N) is 1. The van der Waals surface area contributed by atoms with Crippen LogP contribution in [0.1, 0.15) is 24.4 Å². The van der Waals surface area contributed by atoms with Crippen LogP contribution in [0, 0.1) is 11.3 Å². The van der Waals surface area contributed by atoms with Crippen LogP contribution in [0.4, 0.5) is 0 Å². The van der Waals surface area contributed by atoms with Gasteiger partial charge in [-0.1, -0.05) is 30.3 Å². The molecule has 2 aliphatic rings. The van der Waals surface area contributed by atoms with Crippen molar-refractivity contribution in [1.82, 2.24) is 10.2 Å². The Morgan fingerprint density at radius 2 is 2.09 bits per heavy atom. The van der Waals surface area contributed by atoms with E-state index in [1.807, 2.05) is 0 Å². The second-order valence-corrected chi connectivity index (χ2v) is 7.02. The molecule has 4 nitrogen and oxygen atoms in total. The maximum absolute atomic E-state index is 9.52. The van der Waals surface area contributed by atoms with Crippen LogP contribution in [0.25, 0.3) is 0 Å². The lowest BCUT2D eigenvalue weighted by Crippen LogP contribution is -2.53. The van der Waals surface area contributed by atoms with Crippen LogP contribution in [0.5, 0.6) is 0 Å². The SMILES string of the molecule is CN1CCC[C@H](CNCC2(CO)COC2)[C@H]1c1ccccc1. The molecule has 0 aromatic heterocycles. The second kappa shape index (κ2) is 7.09. The van der Waals surface area contributed by atoms with E-state index in [1.165, 1.54) is 24.9 Å². The van der Waals surface area contributed by atoms with E-state index in [0.717, 1.165) is 13.1 Å². The lowest BCUT2D eigenvalue weighted by molar-refractivity contribution is -0.134. The van der Waals surface area contributed by atoms with Crippen molar-refractivity contribution in [3.63, 3.8) is 0 Å². The molecule has 4 heteroatoms. The summed E-state index contributed by atoms with van der Waals surface area (Å²) >= 11 is 0. The Labute approximate surface area is 133 Å². The number of hydrogen-bond acceptors (Lipinski definition) is 4. The van der Waals surface area contributed by atoms with Crippen molar-refractivity contribution in [2.24, 2.45) is 11.3 Å². The van der Waals surface area contributed by atoms with Gasteiger partial charge in [0, 0.05) is 12.6 Å². The third-order valence-electron chi connectivity index (χ3n) is 5.21. The first-order valence-corrected chi connectivity index (χ1v) is 8.39. The number of aliphatic hydroxyl groups excluding tert-OH is 1. The maximum atomic E-state index is 9.52. The van der Waals surface area contributed by atoms with Crippen LogP contribution in [-0.2, 0) is 4.74 Å². The van der Waals surface area contributed by atoms with Gasteiger partial charge in [-0.05, 0) is 44.5 Å². The Hall–Kier alpha value is -0.940. The van der Waals surface area contributed by atoms with Crippen molar-refractivity contribution in [3.8, 4) is 0 Å². The molecule has 3 rings (SSSR count). The van der Waals surface area contributed by atoms with Gasteiger partial charge in [-0.15, -0.1) is 0 Å². The summed E-state index contributed by atoms with van der Waals surface area (Å²) in [4.78, 5) is 2.49. The van der Waals surface area contributed by atoms with E-state index >= 15 is 0 Å². The molecule has 0 saturated carbocycles. The summed E-state index contributed by atoms with van der Waals surface area (Å²) in [7, 11) is 2.23. The average Bonchev–Trinajstić information content (AvgIpc) is 2.51. The van der Waals surface area contributed by atoms with Crippen LogP contribution < -0.4 is 5.32 Å². The molecular formula is C18H28N2O2. The Kier molecular flexibility index (Phi) is 5.14. The first-order valence-electron chi connectivity index (χ1n) is 8.39. The van der Waals surface area contributed by atoms with Gasteiger partial charge < -0.3 is 15.2 Å². The largest absolute Gasteiger partial charge is 0.396 e. The molecule has 0 aliphatic carbocycles.